The first-order chi connectivity index (χ1) is 10.4. The van der Waals surface area contributed by atoms with E-state index in [0.29, 0.717) is 5.56 Å². The van der Waals surface area contributed by atoms with Crippen molar-refractivity contribution in [1.82, 2.24) is 0 Å². The third-order valence-corrected chi connectivity index (χ3v) is 5.09. The zero-order chi connectivity index (χ0) is 16.2. The van der Waals surface area contributed by atoms with E-state index in [4.69, 9.17) is 5.73 Å². The molecule has 6 heteroatoms. The Hall–Kier alpha value is -2.47. The van der Waals surface area contributed by atoms with Crippen molar-refractivity contribution < 1.29 is 18.0 Å². The first kappa shape index (κ1) is 15.9. The Labute approximate surface area is 128 Å². The van der Waals surface area contributed by atoms with Gasteiger partial charge in [-0.25, -0.2) is 8.42 Å². The molecule has 2 N–H and O–H groups in total. The van der Waals surface area contributed by atoms with Gasteiger partial charge in [-0.2, -0.15) is 0 Å². The number of Topliss-reactive ketones (excluding diaryl/α,β-unsaturated/α-hetero) is 1. The second-order valence-corrected chi connectivity index (χ2v) is 6.90. The van der Waals surface area contributed by atoms with Gasteiger partial charge in [0, 0.05) is 0 Å². The number of nitrogens with two attached hydrogens (primary N) is 1. The van der Waals surface area contributed by atoms with Gasteiger partial charge in [-0.05, 0) is 11.1 Å². The lowest BCUT2D eigenvalue weighted by Crippen LogP contribution is -2.33. The van der Waals surface area contributed by atoms with Crippen LogP contribution in [-0.2, 0) is 25.2 Å². The molecule has 2 rings (SSSR count). The van der Waals surface area contributed by atoms with Crippen molar-refractivity contribution in [2.45, 2.75) is 11.0 Å². The molecule has 1 amide bonds. The number of carbonyl (C=O) groups is 2. The van der Waals surface area contributed by atoms with Gasteiger partial charge in [0.2, 0.25) is 5.78 Å². The highest BCUT2D eigenvalue weighted by atomic mass is 32.2. The Bertz CT molecular complexity index is 770. The van der Waals surface area contributed by atoms with Crippen molar-refractivity contribution in [2.24, 2.45) is 5.73 Å². The Morgan fingerprint density at radius 3 is 1.91 bits per heavy atom. The lowest BCUT2D eigenvalue weighted by Gasteiger charge is -2.15. The average Bonchev–Trinajstić information content (AvgIpc) is 2.48. The van der Waals surface area contributed by atoms with Crippen molar-refractivity contribution in [3.05, 3.63) is 71.8 Å². The summed E-state index contributed by atoms with van der Waals surface area (Å²) in [7, 11) is -3.92. The summed E-state index contributed by atoms with van der Waals surface area (Å²) in [6.07, 6.45) is 0. The van der Waals surface area contributed by atoms with Crippen LogP contribution in [0.15, 0.2) is 60.7 Å². The maximum absolute atomic E-state index is 12.6. The minimum absolute atomic E-state index is 0.238. The number of rotatable bonds is 6. The third kappa shape index (κ3) is 3.59. The van der Waals surface area contributed by atoms with Crippen LogP contribution >= 0.6 is 0 Å². The molecule has 2 aromatic carbocycles. The van der Waals surface area contributed by atoms with E-state index in [1.165, 1.54) is 12.1 Å². The molecule has 114 valence electrons. The summed E-state index contributed by atoms with van der Waals surface area (Å²) >= 11 is 0. The third-order valence-electron chi connectivity index (χ3n) is 3.15. The van der Waals surface area contributed by atoms with Gasteiger partial charge in [-0.3, -0.25) is 9.59 Å². The minimum Gasteiger partial charge on any atom is -0.363 e. The molecule has 0 bridgehead atoms. The van der Waals surface area contributed by atoms with Crippen LogP contribution in [0.25, 0.3) is 0 Å². The highest BCUT2D eigenvalue weighted by Crippen LogP contribution is 2.26. The molecule has 0 heterocycles. The molecule has 0 aliphatic rings. The molecule has 5 nitrogen and oxygen atoms in total. The van der Waals surface area contributed by atoms with Crippen LogP contribution in [0.3, 0.4) is 0 Å². The topological polar surface area (TPSA) is 94.3 Å². The van der Waals surface area contributed by atoms with Gasteiger partial charge in [0.15, 0.2) is 15.1 Å². The van der Waals surface area contributed by atoms with E-state index in [2.05, 4.69) is 0 Å². The first-order valence-corrected chi connectivity index (χ1v) is 8.27. The highest BCUT2D eigenvalue weighted by Gasteiger charge is 2.36. The average molecular weight is 317 g/mol. The summed E-state index contributed by atoms with van der Waals surface area (Å²) in [5, 5.41) is -1.58. The van der Waals surface area contributed by atoms with Crippen LogP contribution in [-0.4, -0.2) is 20.1 Å². The number of sulfone groups is 1. The van der Waals surface area contributed by atoms with Crippen LogP contribution in [0.2, 0.25) is 0 Å². The number of primary amides is 1. The molecular formula is C16H15NO4S. The van der Waals surface area contributed by atoms with E-state index in [1.807, 2.05) is 0 Å². The van der Waals surface area contributed by atoms with Gasteiger partial charge >= 0.3 is 0 Å². The van der Waals surface area contributed by atoms with Gasteiger partial charge in [0.1, 0.15) is 0 Å². The maximum Gasteiger partial charge on any atom is 0.286 e. The van der Waals surface area contributed by atoms with E-state index in [1.54, 1.807) is 48.5 Å². The van der Waals surface area contributed by atoms with Crippen LogP contribution < -0.4 is 5.73 Å². The van der Waals surface area contributed by atoms with Gasteiger partial charge in [-0.1, -0.05) is 60.7 Å². The SMILES string of the molecule is NC(=O)C(=O)[C@@H](c1ccccc1)S(=O)(=O)Cc1ccccc1. The Balaban J connectivity index is 2.44. The number of ketones is 1. The summed E-state index contributed by atoms with van der Waals surface area (Å²) in [6, 6.07) is 16.4. The lowest BCUT2D eigenvalue weighted by molar-refractivity contribution is -0.135. The summed E-state index contributed by atoms with van der Waals surface area (Å²) < 4.78 is 25.2. The van der Waals surface area contributed by atoms with Crippen LogP contribution in [0.1, 0.15) is 16.4 Å². The van der Waals surface area contributed by atoms with Crippen LogP contribution in [0, 0.1) is 0 Å². The predicted octanol–water partition coefficient (Wildman–Crippen LogP) is 1.40. The molecule has 0 saturated heterocycles. The minimum atomic E-state index is -3.92. The number of carbonyl (C=O) groups excluding carboxylic acids is 2. The van der Waals surface area contributed by atoms with Gasteiger partial charge < -0.3 is 5.73 Å². The number of hydrogen-bond acceptors (Lipinski definition) is 4. The van der Waals surface area contributed by atoms with E-state index in [9.17, 15) is 18.0 Å². The van der Waals surface area contributed by atoms with Gasteiger partial charge in [-0.15, -0.1) is 0 Å². The van der Waals surface area contributed by atoms with Gasteiger partial charge in [0.05, 0.1) is 5.75 Å². The molecule has 0 aliphatic carbocycles. The van der Waals surface area contributed by atoms with Crippen molar-refractivity contribution >= 4 is 21.5 Å². The predicted molar refractivity (Wildman–Crippen MR) is 82.5 cm³/mol. The quantitative estimate of drug-likeness (QED) is 0.815. The standard InChI is InChI=1S/C16H15NO4S/c17-16(19)14(18)15(13-9-5-2-6-10-13)22(20,21)11-12-7-3-1-4-8-12/h1-10,15H,11H2,(H2,17,19)/t15-/m1/s1. The van der Waals surface area contributed by atoms with Crippen LogP contribution in [0.4, 0.5) is 0 Å². The molecule has 22 heavy (non-hydrogen) atoms. The summed E-state index contributed by atoms with van der Waals surface area (Å²) in [5.41, 5.74) is 5.79. The lowest BCUT2D eigenvalue weighted by atomic mass is 10.1. The molecule has 0 unspecified atom stereocenters. The monoisotopic (exact) mass is 317 g/mol. The number of benzene rings is 2. The van der Waals surface area contributed by atoms with E-state index in [-0.39, 0.29) is 11.3 Å². The fourth-order valence-corrected chi connectivity index (χ4v) is 4.01. The molecule has 0 radical (unpaired) electrons. The van der Waals surface area contributed by atoms with Crippen molar-refractivity contribution in [3.63, 3.8) is 0 Å². The van der Waals surface area contributed by atoms with E-state index < -0.39 is 26.8 Å². The molecule has 0 aromatic heterocycles. The second-order valence-electron chi connectivity index (χ2n) is 4.81. The molecule has 1 atom stereocenters. The second kappa shape index (κ2) is 6.53. The summed E-state index contributed by atoms with van der Waals surface area (Å²) in [5.74, 6) is -2.72. The Morgan fingerprint density at radius 2 is 1.41 bits per heavy atom. The normalized spacial score (nSPS) is 12.5. The Morgan fingerprint density at radius 1 is 0.909 bits per heavy atom. The molecule has 0 spiro atoms. The first-order valence-electron chi connectivity index (χ1n) is 6.56. The fourth-order valence-electron chi connectivity index (χ4n) is 2.17. The maximum atomic E-state index is 12.6. The largest absolute Gasteiger partial charge is 0.363 e. The highest BCUT2D eigenvalue weighted by molar-refractivity contribution is 7.91. The molecular weight excluding hydrogens is 302 g/mol. The molecule has 0 aliphatic heterocycles. The van der Waals surface area contributed by atoms with E-state index in [0.717, 1.165) is 0 Å². The molecule has 0 saturated carbocycles. The summed E-state index contributed by atoms with van der Waals surface area (Å²) in [4.78, 5) is 23.2. The van der Waals surface area contributed by atoms with Crippen molar-refractivity contribution in [1.29, 1.82) is 0 Å². The fraction of sp³-hybridized carbons (Fsp3) is 0.125. The van der Waals surface area contributed by atoms with Crippen molar-refractivity contribution in [2.75, 3.05) is 0 Å². The van der Waals surface area contributed by atoms with Crippen LogP contribution in [0.5, 0.6) is 0 Å². The smallest absolute Gasteiger partial charge is 0.286 e. The molecule has 0 fully saturated rings. The number of hydrogen-bond donors (Lipinski definition) is 1. The van der Waals surface area contributed by atoms with Gasteiger partial charge in [0.25, 0.3) is 5.91 Å². The molecule has 2 aromatic rings. The number of amides is 1. The zero-order valence-corrected chi connectivity index (χ0v) is 12.5. The Kier molecular flexibility index (Phi) is 4.72. The summed E-state index contributed by atoms with van der Waals surface area (Å²) in [6.45, 7) is 0. The van der Waals surface area contributed by atoms with Crippen molar-refractivity contribution in [3.8, 4) is 0 Å². The van der Waals surface area contributed by atoms with E-state index >= 15 is 0 Å². The zero-order valence-electron chi connectivity index (χ0n) is 11.7.